The molecule has 5 nitrogen and oxygen atoms in total. The van der Waals surface area contributed by atoms with E-state index in [0.29, 0.717) is 11.4 Å². The number of nitrogen functional groups attached to an aromatic ring is 1. The quantitative estimate of drug-likeness (QED) is 0.779. The standard InChI is InChI=1S/C16H12N2O3/c17-16-14(11-6-7-12-13(8-11)20-9-19-12)15(18-21-16)10-4-2-1-3-5-10/h1-8H,9,17H2. The average molecular weight is 280 g/mol. The zero-order chi connectivity index (χ0) is 14.2. The number of benzene rings is 2. The van der Waals surface area contributed by atoms with Gasteiger partial charge in [0.2, 0.25) is 12.7 Å². The Bertz CT molecular complexity index is 797. The molecule has 0 radical (unpaired) electrons. The fraction of sp³-hybridized carbons (Fsp3) is 0.0625. The number of hydrogen-bond acceptors (Lipinski definition) is 5. The number of rotatable bonds is 2. The van der Waals surface area contributed by atoms with Gasteiger partial charge in [0.25, 0.3) is 0 Å². The van der Waals surface area contributed by atoms with E-state index in [0.717, 1.165) is 22.4 Å². The monoisotopic (exact) mass is 280 g/mol. The van der Waals surface area contributed by atoms with Crippen molar-refractivity contribution in [2.24, 2.45) is 0 Å². The maximum Gasteiger partial charge on any atom is 0.231 e. The van der Waals surface area contributed by atoms with Crippen molar-refractivity contribution < 1.29 is 14.0 Å². The molecule has 1 aromatic heterocycles. The van der Waals surface area contributed by atoms with Gasteiger partial charge in [-0.3, -0.25) is 0 Å². The molecule has 2 heterocycles. The largest absolute Gasteiger partial charge is 0.454 e. The summed E-state index contributed by atoms with van der Waals surface area (Å²) in [6, 6.07) is 15.4. The zero-order valence-corrected chi connectivity index (χ0v) is 11.1. The molecule has 0 saturated carbocycles. The lowest BCUT2D eigenvalue weighted by Crippen LogP contribution is -1.92. The van der Waals surface area contributed by atoms with Gasteiger partial charge in [-0.2, -0.15) is 0 Å². The van der Waals surface area contributed by atoms with Crippen LogP contribution in [-0.4, -0.2) is 11.9 Å². The topological polar surface area (TPSA) is 70.5 Å². The van der Waals surface area contributed by atoms with Gasteiger partial charge in [0.05, 0.1) is 5.56 Å². The summed E-state index contributed by atoms with van der Waals surface area (Å²) in [6.45, 7) is 0.240. The van der Waals surface area contributed by atoms with Gasteiger partial charge >= 0.3 is 0 Å². The first-order valence-electron chi connectivity index (χ1n) is 6.53. The van der Waals surface area contributed by atoms with E-state index in [1.807, 2.05) is 48.5 Å². The first-order valence-corrected chi connectivity index (χ1v) is 6.53. The molecule has 1 aliphatic heterocycles. The molecule has 4 rings (SSSR count). The SMILES string of the molecule is Nc1onc(-c2ccccc2)c1-c1ccc2c(c1)OCO2. The van der Waals surface area contributed by atoms with Crippen LogP contribution in [0.5, 0.6) is 11.5 Å². The maximum atomic E-state index is 5.95. The molecule has 0 spiro atoms. The lowest BCUT2D eigenvalue weighted by Gasteiger charge is -2.04. The fourth-order valence-corrected chi connectivity index (χ4v) is 2.43. The Morgan fingerprint density at radius 2 is 1.71 bits per heavy atom. The average Bonchev–Trinajstić information content (AvgIpc) is 3.13. The Kier molecular flexibility index (Phi) is 2.57. The van der Waals surface area contributed by atoms with Crippen molar-refractivity contribution in [1.29, 1.82) is 0 Å². The van der Waals surface area contributed by atoms with Gasteiger partial charge < -0.3 is 19.7 Å². The van der Waals surface area contributed by atoms with Crippen molar-refractivity contribution in [2.75, 3.05) is 12.5 Å². The highest BCUT2D eigenvalue weighted by atomic mass is 16.7. The number of ether oxygens (including phenoxy) is 2. The van der Waals surface area contributed by atoms with Gasteiger partial charge in [-0.1, -0.05) is 41.6 Å². The van der Waals surface area contributed by atoms with Crippen molar-refractivity contribution in [3.8, 4) is 33.9 Å². The van der Waals surface area contributed by atoms with Crippen LogP contribution >= 0.6 is 0 Å². The second-order valence-electron chi connectivity index (χ2n) is 4.70. The van der Waals surface area contributed by atoms with Gasteiger partial charge in [-0.05, 0) is 17.7 Å². The van der Waals surface area contributed by atoms with Crippen molar-refractivity contribution in [2.45, 2.75) is 0 Å². The Morgan fingerprint density at radius 1 is 0.905 bits per heavy atom. The van der Waals surface area contributed by atoms with Gasteiger partial charge in [-0.25, -0.2) is 0 Å². The molecule has 5 heteroatoms. The fourth-order valence-electron chi connectivity index (χ4n) is 2.43. The number of aromatic nitrogens is 1. The van der Waals surface area contributed by atoms with E-state index >= 15 is 0 Å². The number of nitrogens with two attached hydrogens (primary N) is 1. The first-order chi connectivity index (χ1) is 10.3. The third kappa shape index (κ3) is 1.90. The predicted molar refractivity (Wildman–Crippen MR) is 77.9 cm³/mol. The minimum atomic E-state index is 0.240. The molecule has 0 unspecified atom stereocenters. The van der Waals surface area contributed by atoms with Crippen LogP contribution in [0.4, 0.5) is 5.88 Å². The molecule has 104 valence electrons. The summed E-state index contributed by atoms with van der Waals surface area (Å²) in [5.41, 5.74) is 9.27. The summed E-state index contributed by atoms with van der Waals surface area (Å²) in [7, 11) is 0. The van der Waals surface area contributed by atoms with Gasteiger partial charge in [0.1, 0.15) is 5.69 Å². The third-order valence-electron chi connectivity index (χ3n) is 3.43. The van der Waals surface area contributed by atoms with Crippen LogP contribution in [0, 0.1) is 0 Å². The summed E-state index contributed by atoms with van der Waals surface area (Å²) in [6.07, 6.45) is 0. The Hall–Kier alpha value is -2.95. The van der Waals surface area contributed by atoms with Crippen molar-refractivity contribution in [3.63, 3.8) is 0 Å². The third-order valence-corrected chi connectivity index (χ3v) is 3.43. The van der Waals surface area contributed by atoms with Crippen molar-refractivity contribution in [3.05, 3.63) is 48.5 Å². The van der Waals surface area contributed by atoms with E-state index < -0.39 is 0 Å². The number of fused-ring (bicyclic) bond motifs is 1. The molecule has 0 aliphatic carbocycles. The number of hydrogen-bond donors (Lipinski definition) is 1. The van der Waals surface area contributed by atoms with E-state index in [1.54, 1.807) is 0 Å². The summed E-state index contributed by atoms with van der Waals surface area (Å²) >= 11 is 0. The van der Waals surface area contributed by atoms with Gasteiger partial charge in [-0.15, -0.1) is 0 Å². The molecule has 3 aromatic rings. The van der Waals surface area contributed by atoms with E-state index in [9.17, 15) is 0 Å². The highest BCUT2D eigenvalue weighted by molar-refractivity contribution is 5.87. The summed E-state index contributed by atoms with van der Waals surface area (Å²) in [4.78, 5) is 0. The molecule has 0 bridgehead atoms. The first kappa shape index (κ1) is 11.8. The summed E-state index contributed by atoms with van der Waals surface area (Å²) in [5, 5.41) is 4.08. The molecule has 0 amide bonds. The normalized spacial score (nSPS) is 12.6. The Labute approximate surface area is 120 Å². The van der Waals surface area contributed by atoms with Crippen LogP contribution in [-0.2, 0) is 0 Å². The van der Waals surface area contributed by atoms with E-state index in [1.165, 1.54) is 0 Å². The smallest absolute Gasteiger partial charge is 0.231 e. The van der Waals surface area contributed by atoms with Crippen molar-refractivity contribution >= 4 is 5.88 Å². The van der Waals surface area contributed by atoms with Crippen LogP contribution in [0.25, 0.3) is 22.4 Å². The van der Waals surface area contributed by atoms with Gasteiger partial charge in [0.15, 0.2) is 11.5 Å². The Balaban J connectivity index is 1.87. The van der Waals surface area contributed by atoms with Crippen molar-refractivity contribution in [1.82, 2.24) is 5.16 Å². The zero-order valence-electron chi connectivity index (χ0n) is 11.1. The predicted octanol–water partition coefficient (Wildman–Crippen LogP) is 3.32. The second kappa shape index (κ2) is 4.56. The molecule has 0 saturated heterocycles. The van der Waals surface area contributed by atoms with E-state index in [4.69, 9.17) is 19.7 Å². The number of nitrogens with zero attached hydrogens (tertiary/aromatic N) is 1. The van der Waals surface area contributed by atoms with Gasteiger partial charge in [0, 0.05) is 5.56 Å². The van der Waals surface area contributed by atoms with Crippen LogP contribution in [0.2, 0.25) is 0 Å². The molecular formula is C16H12N2O3. The Morgan fingerprint density at radius 3 is 2.57 bits per heavy atom. The minimum Gasteiger partial charge on any atom is -0.454 e. The van der Waals surface area contributed by atoms with E-state index in [-0.39, 0.29) is 12.7 Å². The molecular weight excluding hydrogens is 268 g/mol. The lowest BCUT2D eigenvalue weighted by molar-refractivity contribution is 0.174. The minimum absolute atomic E-state index is 0.240. The molecule has 0 fully saturated rings. The highest BCUT2D eigenvalue weighted by Gasteiger charge is 2.20. The molecule has 0 atom stereocenters. The van der Waals surface area contributed by atoms with Crippen LogP contribution in [0.3, 0.4) is 0 Å². The van der Waals surface area contributed by atoms with Crippen LogP contribution in [0.1, 0.15) is 0 Å². The summed E-state index contributed by atoms with van der Waals surface area (Å²) < 4.78 is 15.9. The molecule has 21 heavy (non-hydrogen) atoms. The van der Waals surface area contributed by atoms with Crippen LogP contribution in [0.15, 0.2) is 53.1 Å². The lowest BCUT2D eigenvalue weighted by atomic mass is 10.0. The molecule has 1 aliphatic rings. The highest BCUT2D eigenvalue weighted by Crippen LogP contribution is 2.41. The van der Waals surface area contributed by atoms with E-state index in [2.05, 4.69) is 5.16 Å². The number of anilines is 1. The molecule has 2 aromatic carbocycles. The summed E-state index contributed by atoms with van der Waals surface area (Å²) in [5.74, 6) is 1.72. The second-order valence-corrected chi connectivity index (χ2v) is 4.70. The maximum absolute atomic E-state index is 5.95. The molecule has 2 N–H and O–H groups in total. The van der Waals surface area contributed by atoms with Crippen LogP contribution < -0.4 is 15.2 Å².